The van der Waals surface area contributed by atoms with E-state index in [-0.39, 0.29) is 24.6 Å². The van der Waals surface area contributed by atoms with Gasteiger partial charge in [0.15, 0.2) is 0 Å². The molecule has 1 rings (SSSR count). The van der Waals surface area contributed by atoms with Gasteiger partial charge in [0.25, 0.3) is 0 Å². The number of hydrogen-bond donors (Lipinski definition) is 1. The zero-order valence-electron chi connectivity index (χ0n) is 14.8. The van der Waals surface area contributed by atoms with Crippen molar-refractivity contribution in [3.8, 4) is 5.75 Å². The fourth-order valence-electron chi connectivity index (χ4n) is 2.03. The minimum atomic E-state index is -0.344. The Kier molecular flexibility index (Phi) is 8.86. The van der Waals surface area contributed by atoms with Crippen LogP contribution in [0.25, 0.3) is 0 Å². The second kappa shape index (κ2) is 10.6. The first-order chi connectivity index (χ1) is 11.4. The molecular formula is C18H27NO5. The largest absolute Gasteiger partial charge is 0.490 e. The molecule has 1 unspecified atom stereocenters. The van der Waals surface area contributed by atoms with Gasteiger partial charge in [0.1, 0.15) is 18.5 Å². The highest BCUT2D eigenvalue weighted by molar-refractivity contribution is 5.69. The minimum Gasteiger partial charge on any atom is -0.490 e. The van der Waals surface area contributed by atoms with Gasteiger partial charge >= 0.3 is 11.9 Å². The molecule has 1 aromatic carbocycles. The lowest BCUT2D eigenvalue weighted by molar-refractivity contribution is -0.147. The molecule has 0 aliphatic rings. The number of benzene rings is 1. The summed E-state index contributed by atoms with van der Waals surface area (Å²) in [5.41, 5.74) is 1.03. The topological polar surface area (TPSA) is 73.9 Å². The molecule has 1 aromatic rings. The number of methoxy groups -OCH3 is 1. The number of carbonyl (C=O) groups excluding carboxylic acids is 2. The first-order valence-electron chi connectivity index (χ1n) is 8.10. The second-order valence-electron chi connectivity index (χ2n) is 5.83. The second-order valence-corrected chi connectivity index (χ2v) is 5.83. The summed E-state index contributed by atoms with van der Waals surface area (Å²) in [5, 5.41) is 3.23. The van der Waals surface area contributed by atoms with Crippen molar-refractivity contribution < 1.29 is 23.8 Å². The SMILES string of the molecule is COC(=O)CCc1ccc(OCC(CNC(C)C)OC(C)=O)cc1. The monoisotopic (exact) mass is 337 g/mol. The highest BCUT2D eigenvalue weighted by Crippen LogP contribution is 2.14. The van der Waals surface area contributed by atoms with Crippen LogP contribution in [0.1, 0.15) is 32.8 Å². The molecule has 0 aliphatic carbocycles. The van der Waals surface area contributed by atoms with Crippen LogP contribution in [0.15, 0.2) is 24.3 Å². The van der Waals surface area contributed by atoms with Gasteiger partial charge in [-0.1, -0.05) is 26.0 Å². The lowest BCUT2D eigenvalue weighted by Gasteiger charge is -2.19. The zero-order valence-corrected chi connectivity index (χ0v) is 14.8. The Bertz CT molecular complexity index is 513. The van der Waals surface area contributed by atoms with E-state index in [0.717, 1.165) is 5.56 Å². The molecule has 24 heavy (non-hydrogen) atoms. The molecule has 0 bridgehead atoms. The lowest BCUT2D eigenvalue weighted by atomic mass is 10.1. The van der Waals surface area contributed by atoms with E-state index >= 15 is 0 Å². The quantitative estimate of drug-likeness (QED) is 0.659. The molecule has 1 N–H and O–H groups in total. The molecule has 0 saturated carbocycles. The van der Waals surface area contributed by atoms with Gasteiger partial charge in [-0.15, -0.1) is 0 Å². The smallest absolute Gasteiger partial charge is 0.305 e. The maximum absolute atomic E-state index is 11.2. The van der Waals surface area contributed by atoms with E-state index in [1.807, 2.05) is 38.1 Å². The van der Waals surface area contributed by atoms with E-state index in [9.17, 15) is 9.59 Å². The summed E-state index contributed by atoms with van der Waals surface area (Å²) in [6, 6.07) is 7.80. The fraction of sp³-hybridized carbons (Fsp3) is 0.556. The van der Waals surface area contributed by atoms with Gasteiger partial charge in [0.05, 0.1) is 7.11 Å². The van der Waals surface area contributed by atoms with Crippen molar-refractivity contribution in [2.75, 3.05) is 20.3 Å². The number of hydrogen-bond acceptors (Lipinski definition) is 6. The van der Waals surface area contributed by atoms with Gasteiger partial charge in [-0.25, -0.2) is 0 Å². The predicted molar refractivity (Wildman–Crippen MR) is 91.0 cm³/mol. The number of esters is 2. The highest BCUT2D eigenvalue weighted by Gasteiger charge is 2.13. The van der Waals surface area contributed by atoms with Crippen molar-refractivity contribution in [2.45, 2.75) is 45.8 Å². The number of carbonyl (C=O) groups is 2. The van der Waals surface area contributed by atoms with Crippen molar-refractivity contribution in [3.63, 3.8) is 0 Å². The highest BCUT2D eigenvalue weighted by atomic mass is 16.6. The van der Waals surface area contributed by atoms with Crippen LogP contribution in [0.4, 0.5) is 0 Å². The number of ether oxygens (including phenoxy) is 3. The van der Waals surface area contributed by atoms with Gasteiger partial charge in [-0.2, -0.15) is 0 Å². The lowest BCUT2D eigenvalue weighted by Crippen LogP contribution is -2.38. The molecule has 1 atom stereocenters. The van der Waals surface area contributed by atoms with Crippen LogP contribution in [0.5, 0.6) is 5.75 Å². The number of rotatable bonds is 10. The first-order valence-corrected chi connectivity index (χ1v) is 8.10. The van der Waals surface area contributed by atoms with Crippen LogP contribution < -0.4 is 10.1 Å². The predicted octanol–water partition coefficient (Wildman–Crippen LogP) is 2.10. The van der Waals surface area contributed by atoms with Crippen LogP contribution in [-0.4, -0.2) is 44.3 Å². The van der Waals surface area contributed by atoms with Crippen molar-refractivity contribution in [2.24, 2.45) is 0 Å². The summed E-state index contributed by atoms with van der Waals surface area (Å²) in [5.74, 6) is 0.142. The summed E-state index contributed by atoms with van der Waals surface area (Å²) in [4.78, 5) is 22.3. The van der Waals surface area contributed by atoms with E-state index in [1.165, 1.54) is 14.0 Å². The summed E-state index contributed by atoms with van der Waals surface area (Å²) in [6.45, 7) is 6.26. The summed E-state index contributed by atoms with van der Waals surface area (Å²) in [6.07, 6.45) is 0.636. The fourth-order valence-corrected chi connectivity index (χ4v) is 2.03. The van der Waals surface area contributed by atoms with Crippen LogP contribution >= 0.6 is 0 Å². The molecule has 6 heteroatoms. The number of nitrogens with one attached hydrogen (secondary N) is 1. The Morgan fingerprint density at radius 3 is 2.38 bits per heavy atom. The normalized spacial score (nSPS) is 11.9. The summed E-state index contributed by atoms with van der Waals surface area (Å²) >= 11 is 0. The van der Waals surface area contributed by atoms with E-state index in [2.05, 4.69) is 10.1 Å². The Balaban J connectivity index is 2.48. The Labute approximate surface area is 143 Å². The third-order valence-electron chi connectivity index (χ3n) is 3.29. The molecular weight excluding hydrogens is 310 g/mol. The third kappa shape index (κ3) is 8.53. The molecule has 0 aliphatic heterocycles. The molecule has 0 amide bonds. The first kappa shape index (κ1) is 20.0. The maximum atomic E-state index is 11.2. The summed E-state index contributed by atoms with van der Waals surface area (Å²) < 4.78 is 15.6. The number of aryl methyl sites for hydroxylation is 1. The van der Waals surface area contributed by atoms with Crippen molar-refractivity contribution in [1.82, 2.24) is 5.32 Å². The maximum Gasteiger partial charge on any atom is 0.305 e. The van der Waals surface area contributed by atoms with E-state index < -0.39 is 0 Å². The average Bonchev–Trinajstić information content (AvgIpc) is 2.55. The Morgan fingerprint density at radius 2 is 1.83 bits per heavy atom. The van der Waals surface area contributed by atoms with Gasteiger partial charge in [-0.05, 0) is 24.1 Å². The summed E-state index contributed by atoms with van der Waals surface area (Å²) in [7, 11) is 1.38. The molecule has 0 heterocycles. The Hall–Kier alpha value is -2.08. The van der Waals surface area contributed by atoms with Gasteiger partial charge < -0.3 is 19.5 Å². The van der Waals surface area contributed by atoms with Crippen LogP contribution in [0.2, 0.25) is 0 Å². The van der Waals surface area contributed by atoms with Gasteiger partial charge in [-0.3, -0.25) is 9.59 Å². The minimum absolute atomic E-state index is 0.225. The van der Waals surface area contributed by atoms with Gasteiger partial charge in [0.2, 0.25) is 0 Å². The van der Waals surface area contributed by atoms with Crippen LogP contribution in [0.3, 0.4) is 0 Å². The molecule has 0 spiro atoms. The molecule has 134 valence electrons. The average molecular weight is 337 g/mol. The van der Waals surface area contributed by atoms with E-state index in [4.69, 9.17) is 9.47 Å². The molecule has 6 nitrogen and oxygen atoms in total. The molecule has 0 saturated heterocycles. The standard InChI is InChI=1S/C18H27NO5/c1-13(2)19-11-17(24-14(3)20)12-23-16-8-5-15(6-9-16)7-10-18(21)22-4/h5-6,8-9,13,17,19H,7,10-12H2,1-4H3. The van der Waals surface area contributed by atoms with E-state index in [0.29, 0.717) is 31.2 Å². The molecule has 0 aromatic heterocycles. The van der Waals surface area contributed by atoms with Crippen molar-refractivity contribution in [3.05, 3.63) is 29.8 Å². The van der Waals surface area contributed by atoms with Crippen LogP contribution in [-0.2, 0) is 25.5 Å². The van der Waals surface area contributed by atoms with Crippen molar-refractivity contribution in [1.29, 1.82) is 0 Å². The molecule has 0 radical (unpaired) electrons. The van der Waals surface area contributed by atoms with E-state index in [1.54, 1.807) is 0 Å². The van der Waals surface area contributed by atoms with Crippen molar-refractivity contribution >= 4 is 11.9 Å². The molecule has 0 fully saturated rings. The van der Waals surface area contributed by atoms with Gasteiger partial charge in [0, 0.05) is 25.9 Å². The Morgan fingerprint density at radius 1 is 1.17 bits per heavy atom. The van der Waals surface area contributed by atoms with Crippen LogP contribution in [0, 0.1) is 0 Å². The third-order valence-corrected chi connectivity index (χ3v) is 3.29. The zero-order chi connectivity index (χ0) is 17.9.